The Bertz CT molecular complexity index is 294. The number of rotatable bonds is 3. The fraction of sp³-hybridized carbons (Fsp3) is 1.00. The Morgan fingerprint density at radius 1 is 1.36 bits per heavy atom. The molecular weight excluding hydrogens is 200 g/mol. The van der Waals surface area contributed by atoms with Crippen LogP contribution in [0.3, 0.4) is 0 Å². The summed E-state index contributed by atoms with van der Waals surface area (Å²) in [4.78, 5) is 0. The quantitative estimate of drug-likeness (QED) is 0.731. The number of hydrogen-bond acceptors (Lipinski definition) is 3. The van der Waals surface area contributed by atoms with Gasteiger partial charge in [0.05, 0.1) is 4.75 Å². The molecule has 14 heavy (non-hydrogen) atoms. The zero-order chi connectivity index (χ0) is 11.0. The number of sulfonamides is 1. The van der Waals surface area contributed by atoms with Crippen molar-refractivity contribution in [2.75, 3.05) is 6.54 Å². The molecule has 0 radical (unpaired) electrons. The van der Waals surface area contributed by atoms with Crippen molar-refractivity contribution in [1.29, 1.82) is 0 Å². The van der Waals surface area contributed by atoms with Crippen LogP contribution < -0.4 is 10.5 Å². The number of nitrogens with two attached hydrogens (primary N) is 1. The fourth-order valence-corrected chi connectivity index (χ4v) is 3.73. The molecule has 1 aliphatic carbocycles. The molecule has 0 unspecified atom stereocenters. The lowest BCUT2D eigenvalue weighted by Crippen LogP contribution is -2.59. The van der Waals surface area contributed by atoms with Crippen molar-refractivity contribution in [2.24, 2.45) is 5.73 Å². The largest absolute Gasteiger partial charge is 0.329 e. The van der Waals surface area contributed by atoms with Gasteiger partial charge in [0.25, 0.3) is 0 Å². The van der Waals surface area contributed by atoms with Crippen molar-refractivity contribution in [2.45, 2.75) is 50.3 Å². The van der Waals surface area contributed by atoms with Gasteiger partial charge in [-0.25, -0.2) is 13.1 Å². The van der Waals surface area contributed by atoms with E-state index in [9.17, 15) is 8.42 Å². The average Bonchev–Trinajstić information content (AvgIpc) is 1.77. The third kappa shape index (κ3) is 2.10. The van der Waals surface area contributed by atoms with Gasteiger partial charge >= 0.3 is 0 Å². The maximum absolute atomic E-state index is 12.0. The molecule has 0 aromatic rings. The highest BCUT2D eigenvalue weighted by Crippen LogP contribution is 2.38. The Kier molecular flexibility index (Phi) is 2.96. The first kappa shape index (κ1) is 11.9. The summed E-state index contributed by atoms with van der Waals surface area (Å²) >= 11 is 0. The molecule has 0 atom stereocenters. The number of nitrogens with one attached hydrogen (secondary N) is 1. The summed E-state index contributed by atoms with van der Waals surface area (Å²) in [6, 6.07) is 0. The van der Waals surface area contributed by atoms with Crippen molar-refractivity contribution in [3.63, 3.8) is 0 Å². The van der Waals surface area contributed by atoms with Gasteiger partial charge in [0.15, 0.2) is 0 Å². The predicted octanol–water partition coefficient (Wildman–Crippen LogP) is 0.586. The minimum absolute atomic E-state index is 0.221. The zero-order valence-electron chi connectivity index (χ0n) is 9.13. The van der Waals surface area contributed by atoms with Gasteiger partial charge in [0.2, 0.25) is 10.0 Å². The van der Waals surface area contributed by atoms with E-state index in [-0.39, 0.29) is 6.54 Å². The number of hydrogen-bond donors (Lipinski definition) is 2. The average molecular weight is 220 g/mol. The summed E-state index contributed by atoms with van der Waals surface area (Å²) in [5, 5.41) is 0. The van der Waals surface area contributed by atoms with Gasteiger partial charge in [-0.15, -0.1) is 0 Å². The van der Waals surface area contributed by atoms with Crippen LogP contribution in [0.25, 0.3) is 0 Å². The standard InChI is InChI=1S/C9H20N2O2S/c1-8(2,3)11-14(12,13)9(7-10)5-4-6-9/h11H,4-7,10H2,1-3H3. The Balaban J connectivity index is 2.85. The molecule has 0 saturated heterocycles. The van der Waals surface area contributed by atoms with E-state index in [1.165, 1.54) is 0 Å². The molecule has 4 nitrogen and oxygen atoms in total. The molecule has 0 aliphatic heterocycles. The molecule has 0 amide bonds. The second-order valence-electron chi connectivity index (χ2n) is 5.10. The maximum atomic E-state index is 12.0. The summed E-state index contributed by atoms with van der Waals surface area (Å²) in [7, 11) is -3.27. The first-order valence-corrected chi connectivity index (χ1v) is 6.44. The predicted molar refractivity (Wildman–Crippen MR) is 57.4 cm³/mol. The van der Waals surface area contributed by atoms with Crippen molar-refractivity contribution in [1.82, 2.24) is 4.72 Å². The highest BCUT2D eigenvalue weighted by atomic mass is 32.2. The molecular formula is C9H20N2O2S. The molecule has 0 aromatic carbocycles. The Morgan fingerprint density at radius 3 is 2.07 bits per heavy atom. The van der Waals surface area contributed by atoms with Crippen LogP contribution >= 0.6 is 0 Å². The van der Waals surface area contributed by atoms with E-state index in [1.54, 1.807) is 0 Å². The van der Waals surface area contributed by atoms with Gasteiger partial charge in [0.1, 0.15) is 0 Å². The SMILES string of the molecule is CC(C)(C)NS(=O)(=O)C1(CN)CCC1. The van der Waals surface area contributed by atoms with Crippen LogP contribution in [-0.4, -0.2) is 25.2 Å². The van der Waals surface area contributed by atoms with Crippen LogP contribution in [0.2, 0.25) is 0 Å². The topological polar surface area (TPSA) is 72.2 Å². The maximum Gasteiger partial charge on any atom is 0.219 e. The minimum Gasteiger partial charge on any atom is -0.329 e. The molecule has 3 N–H and O–H groups in total. The summed E-state index contributed by atoms with van der Waals surface area (Å²) in [5.74, 6) is 0. The van der Waals surface area contributed by atoms with Gasteiger partial charge in [0, 0.05) is 12.1 Å². The summed E-state index contributed by atoms with van der Waals surface area (Å²) in [5.41, 5.74) is 5.13. The highest BCUT2D eigenvalue weighted by molar-refractivity contribution is 7.91. The lowest BCUT2D eigenvalue weighted by molar-refractivity contribution is 0.333. The normalized spacial score (nSPS) is 21.7. The van der Waals surface area contributed by atoms with Gasteiger partial charge in [-0.3, -0.25) is 0 Å². The third-order valence-corrected chi connectivity index (χ3v) is 5.24. The summed E-state index contributed by atoms with van der Waals surface area (Å²) < 4.78 is 26.0. The summed E-state index contributed by atoms with van der Waals surface area (Å²) in [6.07, 6.45) is 2.34. The minimum atomic E-state index is -3.27. The van der Waals surface area contributed by atoms with Crippen LogP contribution in [0.15, 0.2) is 0 Å². The Morgan fingerprint density at radius 2 is 1.86 bits per heavy atom. The molecule has 1 fully saturated rings. The monoisotopic (exact) mass is 220 g/mol. The first-order chi connectivity index (χ1) is 6.22. The van der Waals surface area contributed by atoms with Crippen LogP contribution in [0.1, 0.15) is 40.0 Å². The van der Waals surface area contributed by atoms with E-state index in [0.29, 0.717) is 12.8 Å². The molecule has 1 aliphatic rings. The molecule has 1 saturated carbocycles. The van der Waals surface area contributed by atoms with E-state index >= 15 is 0 Å². The Hall–Kier alpha value is -0.130. The molecule has 0 bridgehead atoms. The first-order valence-electron chi connectivity index (χ1n) is 4.96. The van der Waals surface area contributed by atoms with E-state index < -0.39 is 20.3 Å². The van der Waals surface area contributed by atoms with Crippen LogP contribution in [-0.2, 0) is 10.0 Å². The van der Waals surface area contributed by atoms with E-state index in [0.717, 1.165) is 6.42 Å². The van der Waals surface area contributed by atoms with Crippen LogP contribution in [0, 0.1) is 0 Å². The molecule has 1 rings (SSSR count). The fourth-order valence-electron chi connectivity index (χ4n) is 1.67. The smallest absolute Gasteiger partial charge is 0.219 e. The van der Waals surface area contributed by atoms with Crippen LogP contribution in [0.5, 0.6) is 0 Å². The van der Waals surface area contributed by atoms with E-state index in [4.69, 9.17) is 5.73 Å². The van der Waals surface area contributed by atoms with Crippen molar-refractivity contribution in [3.8, 4) is 0 Å². The molecule has 0 aromatic heterocycles. The van der Waals surface area contributed by atoms with E-state index in [1.807, 2.05) is 20.8 Å². The third-order valence-electron chi connectivity index (χ3n) is 2.65. The summed E-state index contributed by atoms with van der Waals surface area (Å²) in [6.45, 7) is 5.74. The van der Waals surface area contributed by atoms with Gasteiger partial charge < -0.3 is 5.73 Å². The Labute approximate surface area is 86.3 Å². The zero-order valence-corrected chi connectivity index (χ0v) is 9.95. The molecule has 0 heterocycles. The second kappa shape index (κ2) is 3.47. The van der Waals surface area contributed by atoms with Gasteiger partial charge in [-0.1, -0.05) is 6.42 Å². The molecule has 5 heteroatoms. The van der Waals surface area contributed by atoms with Crippen molar-refractivity contribution < 1.29 is 8.42 Å². The van der Waals surface area contributed by atoms with Gasteiger partial charge in [-0.05, 0) is 33.6 Å². The lowest BCUT2D eigenvalue weighted by atomic mass is 9.84. The highest BCUT2D eigenvalue weighted by Gasteiger charge is 2.48. The van der Waals surface area contributed by atoms with Crippen molar-refractivity contribution in [3.05, 3.63) is 0 Å². The van der Waals surface area contributed by atoms with Crippen LogP contribution in [0.4, 0.5) is 0 Å². The molecule has 84 valence electrons. The lowest BCUT2D eigenvalue weighted by Gasteiger charge is -2.41. The second-order valence-corrected chi connectivity index (χ2v) is 7.17. The molecule has 0 spiro atoms. The van der Waals surface area contributed by atoms with Gasteiger partial charge in [-0.2, -0.15) is 0 Å². The van der Waals surface area contributed by atoms with Crippen molar-refractivity contribution >= 4 is 10.0 Å². The van der Waals surface area contributed by atoms with E-state index in [2.05, 4.69) is 4.72 Å².